The van der Waals surface area contributed by atoms with Crippen LogP contribution in [0.15, 0.2) is 18.2 Å². The van der Waals surface area contributed by atoms with Crippen LogP contribution in [0, 0.1) is 11.3 Å². The summed E-state index contributed by atoms with van der Waals surface area (Å²) in [7, 11) is 0. The summed E-state index contributed by atoms with van der Waals surface area (Å²) in [6, 6.07) is 5.97. The van der Waals surface area contributed by atoms with Crippen molar-refractivity contribution >= 4 is 17.5 Å². The lowest BCUT2D eigenvalue weighted by atomic mass is 9.94. The van der Waals surface area contributed by atoms with E-state index in [1.807, 2.05) is 39.0 Å². The van der Waals surface area contributed by atoms with Crippen LogP contribution < -0.4 is 15.4 Å². The molecule has 1 aromatic carbocycles. The molecule has 1 heterocycles. The van der Waals surface area contributed by atoms with Crippen LogP contribution >= 0.6 is 0 Å². The molecule has 1 saturated carbocycles. The van der Waals surface area contributed by atoms with E-state index in [-0.39, 0.29) is 17.7 Å². The third-order valence-electron chi connectivity index (χ3n) is 4.98. The van der Waals surface area contributed by atoms with Crippen LogP contribution in [0.2, 0.25) is 0 Å². The first-order chi connectivity index (χ1) is 11.8. The topological polar surface area (TPSA) is 67.4 Å². The Labute approximate surface area is 149 Å². The molecule has 3 rings (SSSR count). The predicted octanol–water partition coefficient (Wildman–Crippen LogP) is 3.28. The van der Waals surface area contributed by atoms with Gasteiger partial charge in [0.2, 0.25) is 11.8 Å². The van der Waals surface area contributed by atoms with Gasteiger partial charge < -0.3 is 15.4 Å². The first-order valence-electron chi connectivity index (χ1n) is 9.20. The number of rotatable bonds is 3. The fraction of sp³-hybridized carbons (Fsp3) is 0.600. The highest BCUT2D eigenvalue weighted by Gasteiger charge is 2.29. The van der Waals surface area contributed by atoms with Crippen LogP contribution in [-0.2, 0) is 16.0 Å². The van der Waals surface area contributed by atoms with Gasteiger partial charge in [0.25, 0.3) is 0 Å². The molecule has 0 aromatic heterocycles. The summed E-state index contributed by atoms with van der Waals surface area (Å²) in [5.74, 6) is 0.696. The summed E-state index contributed by atoms with van der Waals surface area (Å²) in [4.78, 5) is 24.7. The Morgan fingerprint density at radius 2 is 1.88 bits per heavy atom. The van der Waals surface area contributed by atoms with Crippen molar-refractivity contribution in [2.75, 3.05) is 11.9 Å². The molecule has 1 aliphatic carbocycles. The fourth-order valence-corrected chi connectivity index (χ4v) is 3.35. The van der Waals surface area contributed by atoms with Gasteiger partial charge in [0.05, 0.1) is 5.92 Å². The van der Waals surface area contributed by atoms with E-state index >= 15 is 0 Å². The molecule has 2 amide bonds. The van der Waals surface area contributed by atoms with E-state index in [9.17, 15) is 9.59 Å². The van der Waals surface area contributed by atoms with Crippen molar-refractivity contribution < 1.29 is 14.3 Å². The minimum atomic E-state index is -0.448. The van der Waals surface area contributed by atoms with Crippen molar-refractivity contribution in [1.82, 2.24) is 5.32 Å². The standard InChI is InChI=1S/C20H28N2O3/c1-20(2,3)19(24)22-16-8-9-17-13(11-16)10-14(12-25-17)18(23)21-15-6-4-5-7-15/h8-9,11,14-15H,4-7,10,12H2,1-3H3,(H,21,23)(H,22,24)/t14-/m0/s1. The maximum atomic E-state index is 12.5. The van der Waals surface area contributed by atoms with E-state index < -0.39 is 5.41 Å². The zero-order chi connectivity index (χ0) is 18.0. The van der Waals surface area contributed by atoms with Gasteiger partial charge in [-0.1, -0.05) is 33.6 Å². The van der Waals surface area contributed by atoms with Gasteiger partial charge in [-0.05, 0) is 43.0 Å². The quantitative estimate of drug-likeness (QED) is 0.884. The highest BCUT2D eigenvalue weighted by atomic mass is 16.5. The maximum absolute atomic E-state index is 12.5. The van der Waals surface area contributed by atoms with Gasteiger partial charge in [-0.25, -0.2) is 0 Å². The van der Waals surface area contributed by atoms with Crippen molar-refractivity contribution in [2.24, 2.45) is 11.3 Å². The minimum Gasteiger partial charge on any atom is -0.492 e. The zero-order valence-electron chi connectivity index (χ0n) is 15.4. The van der Waals surface area contributed by atoms with Crippen LogP contribution in [0.25, 0.3) is 0 Å². The van der Waals surface area contributed by atoms with Crippen molar-refractivity contribution in [2.45, 2.75) is 58.9 Å². The third-order valence-corrected chi connectivity index (χ3v) is 4.98. The van der Waals surface area contributed by atoms with Crippen molar-refractivity contribution in [3.05, 3.63) is 23.8 Å². The number of amides is 2. The average molecular weight is 344 g/mol. The molecule has 1 atom stereocenters. The second-order valence-electron chi connectivity index (χ2n) is 8.23. The van der Waals surface area contributed by atoms with E-state index in [0.29, 0.717) is 19.1 Å². The number of anilines is 1. The van der Waals surface area contributed by atoms with Gasteiger partial charge in [0.15, 0.2) is 0 Å². The molecule has 2 N–H and O–H groups in total. The normalized spacial score (nSPS) is 20.5. The van der Waals surface area contributed by atoms with Crippen LogP contribution in [0.3, 0.4) is 0 Å². The van der Waals surface area contributed by atoms with Crippen LogP contribution in [-0.4, -0.2) is 24.5 Å². The van der Waals surface area contributed by atoms with Crippen molar-refractivity contribution in [3.63, 3.8) is 0 Å². The smallest absolute Gasteiger partial charge is 0.229 e. The predicted molar refractivity (Wildman–Crippen MR) is 97.6 cm³/mol. The molecular formula is C20H28N2O3. The summed E-state index contributed by atoms with van der Waals surface area (Å²) in [5.41, 5.74) is 1.28. The van der Waals surface area contributed by atoms with E-state index in [4.69, 9.17) is 4.74 Å². The van der Waals surface area contributed by atoms with Crippen molar-refractivity contribution in [3.8, 4) is 5.75 Å². The number of carbonyl (C=O) groups is 2. The molecule has 0 radical (unpaired) electrons. The number of ether oxygens (including phenoxy) is 1. The highest BCUT2D eigenvalue weighted by molar-refractivity contribution is 5.94. The zero-order valence-corrected chi connectivity index (χ0v) is 15.4. The number of hydrogen-bond acceptors (Lipinski definition) is 3. The van der Waals surface area contributed by atoms with Crippen LogP contribution in [0.1, 0.15) is 52.0 Å². The summed E-state index contributed by atoms with van der Waals surface area (Å²) in [5, 5.41) is 6.10. The molecule has 0 unspecified atom stereocenters. The summed E-state index contributed by atoms with van der Waals surface area (Å²) in [6.45, 7) is 6.06. The fourth-order valence-electron chi connectivity index (χ4n) is 3.35. The van der Waals surface area contributed by atoms with Gasteiger partial charge in [-0.2, -0.15) is 0 Å². The first-order valence-corrected chi connectivity index (χ1v) is 9.20. The third kappa shape index (κ3) is 4.33. The second kappa shape index (κ2) is 7.06. The molecule has 5 heteroatoms. The Bertz CT molecular complexity index is 657. The molecule has 1 aromatic rings. The van der Waals surface area contributed by atoms with Crippen LogP contribution in [0.4, 0.5) is 5.69 Å². The summed E-state index contributed by atoms with van der Waals surface area (Å²) >= 11 is 0. The molecule has 1 fully saturated rings. The van der Waals surface area contributed by atoms with E-state index in [0.717, 1.165) is 29.8 Å². The van der Waals surface area contributed by atoms with Crippen LogP contribution in [0.5, 0.6) is 5.75 Å². The van der Waals surface area contributed by atoms with E-state index in [1.54, 1.807) is 0 Å². The van der Waals surface area contributed by atoms with Crippen molar-refractivity contribution in [1.29, 1.82) is 0 Å². The Morgan fingerprint density at radius 3 is 2.56 bits per heavy atom. The Kier molecular flexibility index (Phi) is 5.02. The first kappa shape index (κ1) is 17.8. The van der Waals surface area contributed by atoms with E-state index in [1.165, 1.54) is 12.8 Å². The molecule has 136 valence electrons. The molecule has 0 spiro atoms. The molecule has 0 saturated heterocycles. The number of fused-ring (bicyclic) bond motifs is 1. The lowest BCUT2D eigenvalue weighted by Crippen LogP contribution is -2.41. The largest absolute Gasteiger partial charge is 0.492 e. The average Bonchev–Trinajstić information content (AvgIpc) is 3.06. The Hall–Kier alpha value is -2.04. The Morgan fingerprint density at radius 1 is 1.16 bits per heavy atom. The Balaban J connectivity index is 1.66. The minimum absolute atomic E-state index is 0.0281. The number of benzene rings is 1. The summed E-state index contributed by atoms with van der Waals surface area (Å²) in [6.07, 6.45) is 5.21. The molecule has 5 nitrogen and oxygen atoms in total. The highest BCUT2D eigenvalue weighted by Crippen LogP contribution is 2.31. The van der Waals surface area contributed by atoms with Gasteiger partial charge in [0.1, 0.15) is 12.4 Å². The van der Waals surface area contributed by atoms with Gasteiger partial charge in [-0.3, -0.25) is 9.59 Å². The molecule has 2 aliphatic rings. The second-order valence-corrected chi connectivity index (χ2v) is 8.23. The lowest BCUT2D eigenvalue weighted by Gasteiger charge is -2.26. The monoisotopic (exact) mass is 344 g/mol. The molecule has 0 bridgehead atoms. The molecule has 25 heavy (non-hydrogen) atoms. The number of hydrogen-bond donors (Lipinski definition) is 2. The SMILES string of the molecule is CC(C)(C)C(=O)Nc1ccc2c(c1)C[C@H](C(=O)NC1CCCC1)CO2. The number of nitrogens with one attached hydrogen (secondary N) is 2. The lowest BCUT2D eigenvalue weighted by molar-refractivity contribution is -0.127. The van der Waals surface area contributed by atoms with Gasteiger partial charge in [-0.15, -0.1) is 0 Å². The molecular weight excluding hydrogens is 316 g/mol. The summed E-state index contributed by atoms with van der Waals surface area (Å²) < 4.78 is 5.78. The van der Waals surface area contributed by atoms with E-state index in [2.05, 4.69) is 10.6 Å². The van der Waals surface area contributed by atoms with Gasteiger partial charge >= 0.3 is 0 Å². The number of carbonyl (C=O) groups excluding carboxylic acids is 2. The maximum Gasteiger partial charge on any atom is 0.229 e. The molecule has 1 aliphatic heterocycles. The van der Waals surface area contributed by atoms with Gasteiger partial charge in [0, 0.05) is 17.1 Å².